The smallest absolute Gasteiger partial charge is 0.307 e. The number of pyridine rings is 1. The Morgan fingerprint density at radius 2 is 2.41 bits per heavy atom. The summed E-state index contributed by atoms with van der Waals surface area (Å²) in [5, 5.41) is 14.4. The number of nitrogens with two attached hydrogens (primary N) is 1. The molecule has 0 unspecified atom stereocenters. The third kappa shape index (κ3) is 2.37. The Hall–Kier alpha value is -2.48. The van der Waals surface area contributed by atoms with Gasteiger partial charge in [-0.05, 0) is 6.07 Å². The third-order valence-electron chi connectivity index (χ3n) is 2.19. The molecule has 8 nitrogen and oxygen atoms in total. The molecule has 2 rings (SSSR count). The van der Waals surface area contributed by atoms with E-state index in [4.69, 9.17) is 5.84 Å². The molecule has 0 saturated heterocycles. The quantitative estimate of drug-likeness (QED) is 0.453. The number of nitrogens with zero attached hydrogens (tertiary/aromatic N) is 4. The van der Waals surface area contributed by atoms with E-state index in [1.807, 2.05) is 6.07 Å². The van der Waals surface area contributed by atoms with Crippen LogP contribution in [0.2, 0.25) is 0 Å². The number of nitrogens with one attached hydrogen (secondary N) is 1. The highest BCUT2D eigenvalue weighted by molar-refractivity contribution is 5.42. The van der Waals surface area contributed by atoms with Crippen molar-refractivity contribution in [3.05, 3.63) is 46.4 Å². The fraction of sp³-hybridized carbons (Fsp3) is 0.111. The molecule has 0 fully saturated rings. The van der Waals surface area contributed by atoms with Gasteiger partial charge in [0.2, 0.25) is 0 Å². The van der Waals surface area contributed by atoms with Crippen molar-refractivity contribution >= 4 is 11.5 Å². The van der Waals surface area contributed by atoms with Crippen LogP contribution in [0.15, 0.2) is 30.7 Å². The Morgan fingerprint density at radius 3 is 3.06 bits per heavy atom. The number of rotatable bonds is 4. The summed E-state index contributed by atoms with van der Waals surface area (Å²) in [6.07, 6.45) is 4.16. The molecule has 0 saturated carbocycles. The largest absolute Gasteiger partial charge is 0.308 e. The molecule has 0 aliphatic carbocycles. The first-order chi connectivity index (χ1) is 8.20. The third-order valence-corrected chi connectivity index (χ3v) is 2.19. The Balaban J connectivity index is 2.22. The lowest BCUT2D eigenvalue weighted by Crippen LogP contribution is -2.12. The van der Waals surface area contributed by atoms with E-state index in [0.29, 0.717) is 12.4 Å². The zero-order chi connectivity index (χ0) is 12.3. The highest BCUT2D eigenvalue weighted by atomic mass is 16.6. The van der Waals surface area contributed by atoms with E-state index in [2.05, 4.69) is 15.5 Å². The lowest BCUT2D eigenvalue weighted by atomic mass is 10.2. The van der Waals surface area contributed by atoms with Gasteiger partial charge in [-0.1, -0.05) is 6.07 Å². The molecule has 2 heterocycles. The van der Waals surface area contributed by atoms with Gasteiger partial charge in [-0.2, -0.15) is 5.10 Å². The van der Waals surface area contributed by atoms with Crippen LogP contribution in [-0.2, 0) is 6.54 Å². The molecule has 0 radical (unpaired) electrons. The lowest BCUT2D eigenvalue weighted by molar-refractivity contribution is -0.385. The molecule has 8 heteroatoms. The van der Waals surface area contributed by atoms with Crippen LogP contribution in [0.25, 0.3) is 0 Å². The van der Waals surface area contributed by atoms with Crippen molar-refractivity contribution in [2.24, 2.45) is 5.84 Å². The predicted octanol–water partition coefficient (Wildman–Crippen LogP) is 0.520. The monoisotopic (exact) mass is 234 g/mol. The molecule has 2 aromatic rings. The molecule has 0 atom stereocenters. The van der Waals surface area contributed by atoms with Crippen LogP contribution in [0.4, 0.5) is 11.5 Å². The highest BCUT2D eigenvalue weighted by Crippen LogP contribution is 2.14. The first-order valence-electron chi connectivity index (χ1n) is 4.78. The topological polar surface area (TPSA) is 112 Å². The maximum atomic E-state index is 10.5. The van der Waals surface area contributed by atoms with Gasteiger partial charge in [0.15, 0.2) is 0 Å². The summed E-state index contributed by atoms with van der Waals surface area (Å²) in [4.78, 5) is 14.0. The summed E-state index contributed by atoms with van der Waals surface area (Å²) in [5.41, 5.74) is 3.21. The average molecular weight is 234 g/mol. The molecule has 0 aromatic carbocycles. The number of hydrazine groups is 1. The maximum Gasteiger partial charge on any atom is 0.307 e. The highest BCUT2D eigenvalue weighted by Gasteiger charge is 2.10. The molecule has 0 spiro atoms. The second kappa shape index (κ2) is 4.58. The number of hydrogen-bond donors (Lipinski definition) is 2. The number of nitro groups is 1. The Kier molecular flexibility index (Phi) is 2.97. The standard InChI is InChI=1S/C9H10N6O2/c10-13-9-7(2-1-3-11-9)5-14-6-8(4-12-14)15(16)17/h1-4,6H,5,10H2,(H,11,13). The Labute approximate surface area is 96.2 Å². The SMILES string of the molecule is NNc1ncccc1Cn1cc([N+](=O)[O-])cn1. The first kappa shape index (κ1) is 11.0. The average Bonchev–Trinajstić information content (AvgIpc) is 2.78. The maximum absolute atomic E-state index is 10.5. The van der Waals surface area contributed by atoms with Crippen molar-refractivity contribution in [3.63, 3.8) is 0 Å². The van der Waals surface area contributed by atoms with Crippen LogP contribution in [0.3, 0.4) is 0 Å². The molecule has 88 valence electrons. The van der Waals surface area contributed by atoms with E-state index in [9.17, 15) is 10.1 Å². The minimum Gasteiger partial charge on any atom is -0.308 e. The molecule has 0 aliphatic heterocycles. The molecule has 0 bridgehead atoms. The van der Waals surface area contributed by atoms with E-state index in [1.54, 1.807) is 12.3 Å². The first-order valence-corrected chi connectivity index (χ1v) is 4.78. The summed E-state index contributed by atoms with van der Waals surface area (Å²) in [6.45, 7) is 0.362. The Morgan fingerprint density at radius 1 is 1.59 bits per heavy atom. The second-order valence-electron chi connectivity index (χ2n) is 3.31. The Bertz CT molecular complexity index is 538. The van der Waals surface area contributed by atoms with Crippen LogP contribution in [0.1, 0.15) is 5.56 Å². The van der Waals surface area contributed by atoms with Crippen LogP contribution >= 0.6 is 0 Å². The minimum atomic E-state index is -0.491. The van der Waals surface area contributed by atoms with Gasteiger partial charge >= 0.3 is 5.69 Å². The van der Waals surface area contributed by atoms with Crippen LogP contribution in [0, 0.1) is 10.1 Å². The van der Waals surface area contributed by atoms with Gasteiger partial charge in [-0.15, -0.1) is 0 Å². The molecule has 2 aromatic heterocycles. The summed E-state index contributed by atoms with van der Waals surface area (Å²) in [5.74, 6) is 5.83. The van der Waals surface area contributed by atoms with Gasteiger partial charge in [0.1, 0.15) is 18.2 Å². The van der Waals surface area contributed by atoms with Gasteiger partial charge in [0.25, 0.3) is 0 Å². The van der Waals surface area contributed by atoms with Crippen molar-refractivity contribution in [3.8, 4) is 0 Å². The van der Waals surface area contributed by atoms with Gasteiger partial charge in [-0.25, -0.2) is 10.8 Å². The van der Waals surface area contributed by atoms with E-state index in [1.165, 1.54) is 17.1 Å². The molecular weight excluding hydrogens is 224 g/mol. The van der Waals surface area contributed by atoms with Crippen molar-refractivity contribution in [1.29, 1.82) is 0 Å². The summed E-state index contributed by atoms with van der Waals surface area (Å²) in [7, 11) is 0. The van der Waals surface area contributed by atoms with Crippen LogP contribution < -0.4 is 11.3 Å². The van der Waals surface area contributed by atoms with E-state index in [0.717, 1.165) is 5.56 Å². The van der Waals surface area contributed by atoms with Crippen molar-refractivity contribution in [1.82, 2.24) is 14.8 Å². The van der Waals surface area contributed by atoms with Crippen molar-refractivity contribution in [2.45, 2.75) is 6.54 Å². The number of hydrogen-bond acceptors (Lipinski definition) is 6. The van der Waals surface area contributed by atoms with E-state index < -0.39 is 4.92 Å². The van der Waals surface area contributed by atoms with Gasteiger partial charge in [0, 0.05) is 11.8 Å². The van der Waals surface area contributed by atoms with Crippen LogP contribution in [0.5, 0.6) is 0 Å². The molecule has 17 heavy (non-hydrogen) atoms. The lowest BCUT2D eigenvalue weighted by Gasteiger charge is -2.06. The summed E-state index contributed by atoms with van der Waals surface area (Å²) >= 11 is 0. The van der Waals surface area contributed by atoms with Gasteiger partial charge < -0.3 is 5.43 Å². The van der Waals surface area contributed by atoms with Crippen molar-refractivity contribution in [2.75, 3.05) is 5.43 Å². The van der Waals surface area contributed by atoms with E-state index in [-0.39, 0.29) is 5.69 Å². The zero-order valence-electron chi connectivity index (χ0n) is 8.78. The van der Waals surface area contributed by atoms with E-state index >= 15 is 0 Å². The summed E-state index contributed by atoms with van der Waals surface area (Å²) in [6, 6.07) is 3.57. The number of aromatic nitrogens is 3. The molecular formula is C9H10N6O2. The molecule has 0 amide bonds. The van der Waals surface area contributed by atoms with Gasteiger partial charge in [0.05, 0.1) is 11.5 Å². The predicted molar refractivity (Wildman–Crippen MR) is 60.0 cm³/mol. The second-order valence-corrected chi connectivity index (χ2v) is 3.31. The summed E-state index contributed by atoms with van der Waals surface area (Å²) < 4.78 is 1.45. The van der Waals surface area contributed by atoms with Gasteiger partial charge in [-0.3, -0.25) is 14.8 Å². The number of nitrogen functional groups attached to an aromatic ring is 1. The molecule has 3 N–H and O–H groups in total. The fourth-order valence-electron chi connectivity index (χ4n) is 1.40. The van der Waals surface area contributed by atoms with Crippen LogP contribution in [-0.4, -0.2) is 19.7 Å². The zero-order valence-corrected chi connectivity index (χ0v) is 8.78. The normalized spacial score (nSPS) is 10.2. The molecule has 0 aliphatic rings. The fourth-order valence-corrected chi connectivity index (χ4v) is 1.40. The minimum absolute atomic E-state index is 0.0452. The van der Waals surface area contributed by atoms with Crippen molar-refractivity contribution < 1.29 is 4.92 Å². The number of anilines is 1.